The van der Waals surface area contributed by atoms with E-state index in [2.05, 4.69) is 57.3 Å². The monoisotopic (exact) mass is 205 g/mol. The minimum Gasteiger partial charge on any atom is -0.310 e. The summed E-state index contributed by atoms with van der Waals surface area (Å²) in [6.45, 7) is 9.96. The largest absolute Gasteiger partial charge is 0.310 e. The summed E-state index contributed by atoms with van der Waals surface area (Å²) in [4.78, 5) is 0. The van der Waals surface area contributed by atoms with Gasteiger partial charge in [0.05, 0.1) is 0 Å². The zero-order valence-electron chi connectivity index (χ0n) is 10.4. The summed E-state index contributed by atoms with van der Waals surface area (Å²) >= 11 is 0. The lowest BCUT2D eigenvalue weighted by atomic mass is 10.0. The van der Waals surface area contributed by atoms with Gasteiger partial charge in [-0.25, -0.2) is 0 Å². The van der Waals surface area contributed by atoms with Gasteiger partial charge in [-0.05, 0) is 30.4 Å². The molecule has 0 saturated carbocycles. The molecule has 0 radical (unpaired) electrons. The standard InChI is InChI=1S/C14H23N/c1-5-14(11(2)3)15-10-13-9-7-6-8-12(13)4/h6-9,11,14-15H,5,10H2,1-4H3. The molecule has 0 spiro atoms. The Balaban J connectivity index is 2.53. The Bertz CT molecular complexity index is 291. The van der Waals surface area contributed by atoms with Crippen LogP contribution in [0.1, 0.15) is 38.3 Å². The molecular weight excluding hydrogens is 182 g/mol. The molecule has 1 nitrogen and oxygen atoms in total. The maximum Gasteiger partial charge on any atom is 0.0210 e. The molecule has 0 aliphatic carbocycles. The summed E-state index contributed by atoms with van der Waals surface area (Å²) in [6, 6.07) is 9.21. The lowest BCUT2D eigenvalue weighted by Crippen LogP contribution is -2.32. The summed E-state index contributed by atoms with van der Waals surface area (Å²) in [5, 5.41) is 3.63. The lowest BCUT2D eigenvalue weighted by Gasteiger charge is -2.21. The number of rotatable bonds is 5. The van der Waals surface area contributed by atoms with E-state index in [0.717, 1.165) is 6.54 Å². The molecule has 1 aromatic carbocycles. The van der Waals surface area contributed by atoms with E-state index < -0.39 is 0 Å². The SMILES string of the molecule is CCC(NCc1ccccc1C)C(C)C. The molecule has 1 aromatic rings. The van der Waals surface area contributed by atoms with Gasteiger partial charge in [-0.15, -0.1) is 0 Å². The zero-order valence-corrected chi connectivity index (χ0v) is 10.4. The van der Waals surface area contributed by atoms with Crippen LogP contribution in [0.4, 0.5) is 0 Å². The quantitative estimate of drug-likeness (QED) is 0.775. The molecule has 0 aliphatic heterocycles. The van der Waals surface area contributed by atoms with Crippen molar-refractivity contribution >= 4 is 0 Å². The summed E-state index contributed by atoms with van der Waals surface area (Å²) in [5.41, 5.74) is 2.79. The number of nitrogens with one attached hydrogen (secondary N) is 1. The molecule has 1 rings (SSSR count). The van der Waals surface area contributed by atoms with Crippen molar-refractivity contribution in [1.29, 1.82) is 0 Å². The second kappa shape index (κ2) is 5.92. The molecule has 1 N–H and O–H groups in total. The van der Waals surface area contributed by atoms with Crippen LogP contribution in [0.15, 0.2) is 24.3 Å². The summed E-state index contributed by atoms with van der Waals surface area (Å²) < 4.78 is 0. The van der Waals surface area contributed by atoms with Gasteiger partial charge in [0.25, 0.3) is 0 Å². The van der Waals surface area contributed by atoms with Crippen LogP contribution in [0.25, 0.3) is 0 Å². The van der Waals surface area contributed by atoms with Gasteiger partial charge in [0, 0.05) is 12.6 Å². The van der Waals surface area contributed by atoms with Crippen molar-refractivity contribution in [2.45, 2.75) is 46.7 Å². The highest BCUT2D eigenvalue weighted by molar-refractivity contribution is 5.25. The van der Waals surface area contributed by atoms with E-state index in [1.807, 2.05) is 0 Å². The van der Waals surface area contributed by atoms with Crippen molar-refractivity contribution in [2.24, 2.45) is 5.92 Å². The predicted octanol–water partition coefficient (Wildman–Crippen LogP) is 3.52. The normalized spacial score (nSPS) is 13.1. The minimum atomic E-state index is 0.629. The van der Waals surface area contributed by atoms with Gasteiger partial charge >= 0.3 is 0 Å². The van der Waals surface area contributed by atoms with Crippen LogP contribution in [-0.2, 0) is 6.54 Å². The van der Waals surface area contributed by atoms with Crippen LogP contribution in [-0.4, -0.2) is 6.04 Å². The Labute approximate surface area is 93.9 Å². The molecule has 15 heavy (non-hydrogen) atoms. The second-order valence-corrected chi connectivity index (χ2v) is 4.57. The van der Waals surface area contributed by atoms with Crippen molar-refractivity contribution < 1.29 is 0 Å². The molecule has 0 fully saturated rings. The molecule has 0 saturated heterocycles. The Morgan fingerprint density at radius 3 is 2.40 bits per heavy atom. The van der Waals surface area contributed by atoms with Crippen LogP contribution in [0, 0.1) is 12.8 Å². The van der Waals surface area contributed by atoms with Crippen molar-refractivity contribution in [3.63, 3.8) is 0 Å². The van der Waals surface area contributed by atoms with E-state index in [0.29, 0.717) is 12.0 Å². The predicted molar refractivity (Wildman–Crippen MR) is 66.9 cm³/mol. The molecule has 1 heteroatoms. The van der Waals surface area contributed by atoms with Gasteiger partial charge in [0.15, 0.2) is 0 Å². The average Bonchev–Trinajstić information content (AvgIpc) is 2.21. The van der Waals surface area contributed by atoms with E-state index >= 15 is 0 Å². The maximum absolute atomic E-state index is 3.63. The molecule has 0 bridgehead atoms. The van der Waals surface area contributed by atoms with Gasteiger partial charge in [-0.3, -0.25) is 0 Å². The third kappa shape index (κ3) is 3.67. The van der Waals surface area contributed by atoms with Crippen molar-refractivity contribution in [1.82, 2.24) is 5.32 Å². The molecule has 0 heterocycles. The molecule has 1 unspecified atom stereocenters. The first-order chi connectivity index (χ1) is 7.15. The van der Waals surface area contributed by atoms with Crippen LogP contribution in [0.5, 0.6) is 0 Å². The van der Waals surface area contributed by atoms with Crippen LogP contribution in [0.2, 0.25) is 0 Å². The topological polar surface area (TPSA) is 12.0 Å². The van der Waals surface area contributed by atoms with E-state index in [-0.39, 0.29) is 0 Å². The van der Waals surface area contributed by atoms with Gasteiger partial charge in [0.1, 0.15) is 0 Å². The Morgan fingerprint density at radius 2 is 1.87 bits per heavy atom. The van der Waals surface area contributed by atoms with Gasteiger partial charge in [0.2, 0.25) is 0 Å². The highest BCUT2D eigenvalue weighted by atomic mass is 14.9. The minimum absolute atomic E-state index is 0.629. The van der Waals surface area contributed by atoms with Crippen molar-refractivity contribution in [2.75, 3.05) is 0 Å². The fraction of sp³-hybridized carbons (Fsp3) is 0.571. The molecule has 0 aliphatic rings. The van der Waals surface area contributed by atoms with Gasteiger partial charge < -0.3 is 5.32 Å². The first-order valence-corrected chi connectivity index (χ1v) is 5.93. The first-order valence-electron chi connectivity index (χ1n) is 5.93. The highest BCUT2D eigenvalue weighted by Crippen LogP contribution is 2.10. The molecule has 0 aromatic heterocycles. The maximum atomic E-state index is 3.63. The lowest BCUT2D eigenvalue weighted by molar-refractivity contribution is 0.387. The average molecular weight is 205 g/mol. The molecular formula is C14H23N. The number of hydrogen-bond donors (Lipinski definition) is 1. The van der Waals surface area contributed by atoms with Crippen LogP contribution < -0.4 is 5.32 Å². The molecule has 84 valence electrons. The Kier molecular flexibility index (Phi) is 4.83. The van der Waals surface area contributed by atoms with E-state index in [1.54, 1.807) is 0 Å². The van der Waals surface area contributed by atoms with Gasteiger partial charge in [-0.2, -0.15) is 0 Å². The molecule has 1 atom stereocenters. The van der Waals surface area contributed by atoms with Crippen molar-refractivity contribution in [3.05, 3.63) is 35.4 Å². The number of hydrogen-bond acceptors (Lipinski definition) is 1. The van der Waals surface area contributed by atoms with E-state index in [4.69, 9.17) is 0 Å². The summed E-state index contributed by atoms with van der Waals surface area (Å²) in [7, 11) is 0. The molecule has 0 amide bonds. The summed E-state index contributed by atoms with van der Waals surface area (Å²) in [6.07, 6.45) is 1.20. The van der Waals surface area contributed by atoms with Crippen LogP contribution >= 0.6 is 0 Å². The number of benzene rings is 1. The Hall–Kier alpha value is -0.820. The van der Waals surface area contributed by atoms with Gasteiger partial charge in [-0.1, -0.05) is 45.0 Å². The first kappa shape index (κ1) is 12.3. The number of aryl methyl sites for hydroxylation is 1. The fourth-order valence-electron chi connectivity index (χ4n) is 1.90. The zero-order chi connectivity index (χ0) is 11.3. The third-order valence-electron chi connectivity index (χ3n) is 3.06. The van der Waals surface area contributed by atoms with E-state index in [1.165, 1.54) is 17.5 Å². The fourth-order valence-corrected chi connectivity index (χ4v) is 1.90. The van der Waals surface area contributed by atoms with E-state index in [9.17, 15) is 0 Å². The van der Waals surface area contributed by atoms with Crippen LogP contribution in [0.3, 0.4) is 0 Å². The smallest absolute Gasteiger partial charge is 0.0210 e. The Morgan fingerprint density at radius 1 is 1.20 bits per heavy atom. The second-order valence-electron chi connectivity index (χ2n) is 4.57. The highest BCUT2D eigenvalue weighted by Gasteiger charge is 2.09. The van der Waals surface area contributed by atoms with Crippen molar-refractivity contribution in [3.8, 4) is 0 Å². The third-order valence-corrected chi connectivity index (χ3v) is 3.06. The summed E-state index contributed by atoms with van der Waals surface area (Å²) in [5.74, 6) is 0.707.